The van der Waals surface area contributed by atoms with Gasteiger partial charge in [-0.25, -0.2) is 4.68 Å². The molecule has 0 bridgehead atoms. The van der Waals surface area contributed by atoms with Crippen molar-refractivity contribution in [1.29, 1.82) is 0 Å². The van der Waals surface area contributed by atoms with Gasteiger partial charge in [0.15, 0.2) is 16.8 Å². The Morgan fingerprint density at radius 3 is 2.79 bits per heavy atom. The monoisotopic (exact) mass is 345 g/mol. The van der Waals surface area contributed by atoms with Gasteiger partial charge in [0.05, 0.1) is 18.4 Å². The highest BCUT2D eigenvalue weighted by atomic mass is 32.2. The predicted molar refractivity (Wildman–Crippen MR) is 90.7 cm³/mol. The largest absolute Gasteiger partial charge is 0.496 e. The van der Waals surface area contributed by atoms with Gasteiger partial charge < -0.3 is 9.30 Å². The lowest BCUT2D eigenvalue weighted by Gasteiger charge is -2.08. The van der Waals surface area contributed by atoms with Crippen LogP contribution in [0.25, 0.3) is 11.4 Å². The molecule has 2 aromatic heterocycles. The van der Waals surface area contributed by atoms with Crippen molar-refractivity contribution in [2.24, 2.45) is 7.05 Å². The molecule has 0 saturated heterocycles. The van der Waals surface area contributed by atoms with Gasteiger partial charge in [-0.1, -0.05) is 30.8 Å². The number of aryl methyl sites for hydroxylation is 1. The van der Waals surface area contributed by atoms with E-state index in [2.05, 4.69) is 32.6 Å². The molecule has 0 N–H and O–H groups in total. The summed E-state index contributed by atoms with van der Waals surface area (Å²) in [5.41, 5.74) is 0.915. The van der Waals surface area contributed by atoms with Gasteiger partial charge in [-0.15, -0.1) is 15.3 Å². The Hall–Kier alpha value is -2.42. The Balaban J connectivity index is 1.79. The molecule has 24 heavy (non-hydrogen) atoms. The van der Waals surface area contributed by atoms with Crippen LogP contribution in [0.15, 0.2) is 29.4 Å². The number of aromatic nitrogens is 7. The standard InChI is InChI=1S/C15H19N7OS/c1-4-9-22-13(16-19-20-22)10-24-15-18-17-14(21(15)2)11-7-5-6-8-12(11)23-3/h5-8H,4,9-10H2,1-3H3. The van der Waals surface area contributed by atoms with Crippen molar-refractivity contribution in [3.63, 3.8) is 0 Å². The van der Waals surface area contributed by atoms with E-state index in [1.807, 2.05) is 40.6 Å². The molecule has 3 aromatic rings. The maximum absolute atomic E-state index is 5.41. The van der Waals surface area contributed by atoms with Crippen LogP contribution in [-0.2, 0) is 19.3 Å². The van der Waals surface area contributed by atoms with Crippen LogP contribution in [0, 0.1) is 0 Å². The third kappa shape index (κ3) is 3.25. The summed E-state index contributed by atoms with van der Waals surface area (Å²) in [5.74, 6) is 3.02. The first-order valence-electron chi connectivity index (χ1n) is 7.65. The second-order valence-electron chi connectivity index (χ2n) is 5.17. The summed E-state index contributed by atoms with van der Waals surface area (Å²) in [6, 6.07) is 7.77. The van der Waals surface area contributed by atoms with E-state index in [0.717, 1.165) is 41.1 Å². The number of tetrazole rings is 1. The van der Waals surface area contributed by atoms with Crippen LogP contribution in [0.5, 0.6) is 5.75 Å². The molecule has 0 saturated carbocycles. The zero-order valence-electron chi connectivity index (χ0n) is 13.9. The SMILES string of the molecule is CCCn1nnnc1CSc1nnc(-c2ccccc2OC)n1C. The van der Waals surface area contributed by atoms with E-state index in [1.165, 1.54) is 0 Å². The van der Waals surface area contributed by atoms with Crippen molar-refractivity contribution >= 4 is 11.8 Å². The number of hydrogen-bond donors (Lipinski definition) is 0. The van der Waals surface area contributed by atoms with Crippen LogP contribution in [0.1, 0.15) is 19.2 Å². The predicted octanol–water partition coefficient (Wildman–Crippen LogP) is 2.18. The van der Waals surface area contributed by atoms with Crippen LogP contribution in [0.2, 0.25) is 0 Å². The quantitative estimate of drug-likeness (QED) is 0.607. The lowest BCUT2D eigenvalue weighted by Crippen LogP contribution is -2.04. The minimum Gasteiger partial charge on any atom is -0.496 e. The molecular formula is C15H19N7OS. The van der Waals surface area contributed by atoms with Gasteiger partial charge in [-0.3, -0.25) is 0 Å². The van der Waals surface area contributed by atoms with Crippen LogP contribution in [-0.4, -0.2) is 42.1 Å². The number of thioether (sulfide) groups is 1. The van der Waals surface area contributed by atoms with E-state index >= 15 is 0 Å². The first-order chi connectivity index (χ1) is 11.7. The molecule has 126 valence electrons. The highest BCUT2D eigenvalue weighted by Gasteiger charge is 2.16. The summed E-state index contributed by atoms with van der Waals surface area (Å²) >= 11 is 1.56. The normalized spacial score (nSPS) is 11.0. The van der Waals surface area contributed by atoms with Crippen molar-refractivity contribution in [3.05, 3.63) is 30.1 Å². The van der Waals surface area contributed by atoms with Gasteiger partial charge in [-0.05, 0) is 29.0 Å². The van der Waals surface area contributed by atoms with Crippen molar-refractivity contribution in [3.8, 4) is 17.1 Å². The van der Waals surface area contributed by atoms with Gasteiger partial charge in [-0.2, -0.15) is 0 Å². The van der Waals surface area contributed by atoms with Gasteiger partial charge >= 0.3 is 0 Å². The van der Waals surface area contributed by atoms with Gasteiger partial charge in [0.25, 0.3) is 0 Å². The topological polar surface area (TPSA) is 83.5 Å². The Morgan fingerprint density at radius 1 is 1.17 bits per heavy atom. The second-order valence-corrected chi connectivity index (χ2v) is 6.11. The fourth-order valence-electron chi connectivity index (χ4n) is 2.35. The lowest BCUT2D eigenvalue weighted by molar-refractivity contribution is 0.416. The van der Waals surface area contributed by atoms with E-state index in [-0.39, 0.29) is 0 Å². The number of rotatable bonds is 7. The van der Waals surface area contributed by atoms with E-state index < -0.39 is 0 Å². The minimum absolute atomic E-state index is 0.644. The van der Waals surface area contributed by atoms with Crippen molar-refractivity contribution < 1.29 is 4.74 Å². The molecule has 0 aliphatic rings. The van der Waals surface area contributed by atoms with E-state index in [4.69, 9.17) is 4.74 Å². The highest BCUT2D eigenvalue weighted by molar-refractivity contribution is 7.98. The Kier molecular flexibility index (Phi) is 5.09. The molecule has 0 amide bonds. The smallest absolute Gasteiger partial charge is 0.191 e. The molecule has 0 spiro atoms. The molecule has 0 radical (unpaired) electrons. The summed E-state index contributed by atoms with van der Waals surface area (Å²) in [6.45, 7) is 2.91. The van der Waals surface area contributed by atoms with Crippen LogP contribution in [0.4, 0.5) is 0 Å². The molecule has 8 nitrogen and oxygen atoms in total. The highest BCUT2D eigenvalue weighted by Crippen LogP contribution is 2.30. The van der Waals surface area contributed by atoms with Gasteiger partial charge in [0.2, 0.25) is 0 Å². The van der Waals surface area contributed by atoms with E-state index in [0.29, 0.717) is 5.75 Å². The van der Waals surface area contributed by atoms with Crippen LogP contribution >= 0.6 is 11.8 Å². The number of benzene rings is 1. The van der Waals surface area contributed by atoms with E-state index in [9.17, 15) is 0 Å². The molecule has 0 fully saturated rings. The number of para-hydroxylation sites is 1. The first-order valence-corrected chi connectivity index (χ1v) is 8.63. The fraction of sp³-hybridized carbons (Fsp3) is 0.400. The Bertz CT molecular complexity index is 814. The van der Waals surface area contributed by atoms with Gasteiger partial charge in [0.1, 0.15) is 5.75 Å². The molecule has 2 heterocycles. The maximum Gasteiger partial charge on any atom is 0.191 e. The van der Waals surface area contributed by atoms with Crippen molar-refractivity contribution in [2.75, 3.05) is 7.11 Å². The molecule has 3 rings (SSSR count). The molecular weight excluding hydrogens is 326 g/mol. The zero-order chi connectivity index (χ0) is 16.9. The Morgan fingerprint density at radius 2 is 2.00 bits per heavy atom. The Labute approximate surface area is 144 Å². The molecule has 1 aromatic carbocycles. The summed E-state index contributed by atoms with van der Waals surface area (Å²) in [5, 5.41) is 21.2. The summed E-state index contributed by atoms with van der Waals surface area (Å²) in [7, 11) is 3.59. The fourth-order valence-corrected chi connectivity index (χ4v) is 3.19. The summed E-state index contributed by atoms with van der Waals surface area (Å²) in [6.07, 6.45) is 0.991. The third-order valence-electron chi connectivity index (χ3n) is 3.55. The molecule has 0 atom stereocenters. The maximum atomic E-state index is 5.41. The molecule has 0 aliphatic heterocycles. The number of hydrogen-bond acceptors (Lipinski definition) is 7. The van der Waals surface area contributed by atoms with E-state index in [1.54, 1.807) is 18.9 Å². The zero-order valence-corrected chi connectivity index (χ0v) is 14.7. The molecule has 0 unspecified atom stereocenters. The minimum atomic E-state index is 0.644. The van der Waals surface area contributed by atoms with Crippen LogP contribution < -0.4 is 4.74 Å². The lowest BCUT2D eigenvalue weighted by atomic mass is 10.2. The van der Waals surface area contributed by atoms with Crippen molar-refractivity contribution in [1.82, 2.24) is 35.0 Å². The summed E-state index contributed by atoms with van der Waals surface area (Å²) < 4.78 is 9.19. The third-order valence-corrected chi connectivity index (χ3v) is 4.57. The molecule has 0 aliphatic carbocycles. The van der Waals surface area contributed by atoms with Crippen LogP contribution in [0.3, 0.4) is 0 Å². The second kappa shape index (κ2) is 7.43. The van der Waals surface area contributed by atoms with Crippen molar-refractivity contribution in [2.45, 2.75) is 30.8 Å². The first kappa shape index (κ1) is 16.4. The number of methoxy groups -OCH3 is 1. The number of ether oxygens (including phenoxy) is 1. The average molecular weight is 345 g/mol. The van der Waals surface area contributed by atoms with Gasteiger partial charge in [0, 0.05) is 13.6 Å². The number of nitrogens with zero attached hydrogens (tertiary/aromatic N) is 7. The average Bonchev–Trinajstić information content (AvgIpc) is 3.20. The molecule has 9 heteroatoms. The summed E-state index contributed by atoms with van der Waals surface area (Å²) in [4.78, 5) is 0.